The summed E-state index contributed by atoms with van der Waals surface area (Å²) in [5.41, 5.74) is -0.146. The topological polar surface area (TPSA) is 32.3 Å². The fourth-order valence-corrected chi connectivity index (χ4v) is 4.82. The summed E-state index contributed by atoms with van der Waals surface area (Å²) < 4.78 is 40.5. The van der Waals surface area contributed by atoms with Crippen LogP contribution in [0, 0.1) is 10.8 Å². The maximum absolute atomic E-state index is 13.5. The average Bonchev–Trinajstić information content (AvgIpc) is 3.54. The van der Waals surface area contributed by atoms with Crippen LogP contribution in [-0.2, 0) is 6.18 Å². The van der Waals surface area contributed by atoms with E-state index < -0.39 is 11.9 Å². The second kappa shape index (κ2) is 5.49. The van der Waals surface area contributed by atoms with Gasteiger partial charge in [-0.25, -0.2) is 4.98 Å². The van der Waals surface area contributed by atoms with Crippen LogP contribution in [0.2, 0.25) is 0 Å². The monoisotopic (exact) mass is 366 g/mol. The van der Waals surface area contributed by atoms with Crippen molar-refractivity contribution in [2.75, 3.05) is 36.0 Å². The zero-order valence-electron chi connectivity index (χ0n) is 15.0. The van der Waals surface area contributed by atoms with Gasteiger partial charge in [-0.2, -0.15) is 18.2 Å². The third kappa shape index (κ3) is 3.03. The largest absolute Gasteiger partial charge is 0.433 e. The fourth-order valence-electron chi connectivity index (χ4n) is 4.82. The van der Waals surface area contributed by atoms with Gasteiger partial charge in [0.2, 0.25) is 5.95 Å². The Morgan fingerprint density at radius 1 is 0.808 bits per heavy atom. The van der Waals surface area contributed by atoms with E-state index in [1.165, 1.54) is 38.5 Å². The molecule has 2 saturated heterocycles. The van der Waals surface area contributed by atoms with Gasteiger partial charge in [-0.3, -0.25) is 0 Å². The minimum absolute atomic E-state index is 0.274. The first-order chi connectivity index (χ1) is 12.4. The molecule has 0 bridgehead atoms. The first kappa shape index (κ1) is 16.6. The third-order valence-electron chi connectivity index (χ3n) is 6.84. The van der Waals surface area contributed by atoms with Crippen LogP contribution in [0.1, 0.15) is 57.1 Å². The SMILES string of the molecule is FC(F)(F)c1cc(N2CCCC3(CC3)C2)nc(N2CCCC3(CC3)C2)n1. The van der Waals surface area contributed by atoms with Crippen molar-refractivity contribution in [2.24, 2.45) is 10.8 Å². The molecule has 3 heterocycles. The first-order valence-electron chi connectivity index (χ1n) is 9.83. The summed E-state index contributed by atoms with van der Waals surface area (Å²) in [6, 6.07) is 1.15. The van der Waals surface area contributed by atoms with Crippen LogP contribution in [0.25, 0.3) is 0 Å². The molecular weight excluding hydrogens is 341 g/mol. The zero-order chi connectivity index (χ0) is 18.0. The van der Waals surface area contributed by atoms with Crippen molar-refractivity contribution in [3.8, 4) is 0 Å². The minimum atomic E-state index is -4.44. The van der Waals surface area contributed by atoms with Crippen LogP contribution in [0.5, 0.6) is 0 Å². The second-order valence-corrected chi connectivity index (χ2v) is 8.96. The highest BCUT2D eigenvalue weighted by Crippen LogP contribution is 2.53. The number of alkyl halides is 3. The smallest absolute Gasteiger partial charge is 0.356 e. The van der Waals surface area contributed by atoms with Crippen LogP contribution in [0.4, 0.5) is 24.9 Å². The highest BCUT2D eigenvalue weighted by Gasteiger charge is 2.47. The average molecular weight is 366 g/mol. The fraction of sp³-hybridized carbons (Fsp3) is 0.789. The summed E-state index contributed by atoms with van der Waals surface area (Å²) in [6.45, 7) is 3.19. The summed E-state index contributed by atoms with van der Waals surface area (Å²) in [6.07, 6.45) is 4.76. The predicted octanol–water partition coefficient (Wildman–Crippen LogP) is 4.26. The molecule has 4 fully saturated rings. The summed E-state index contributed by atoms with van der Waals surface area (Å²) in [4.78, 5) is 12.6. The number of halogens is 3. The van der Waals surface area contributed by atoms with Crippen LogP contribution < -0.4 is 9.80 Å². The Kier molecular flexibility index (Phi) is 3.51. The van der Waals surface area contributed by atoms with Crippen molar-refractivity contribution in [1.29, 1.82) is 0 Å². The lowest BCUT2D eigenvalue weighted by molar-refractivity contribution is -0.141. The Morgan fingerprint density at radius 2 is 1.38 bits per heavy atom. The van der Waals surface area contributed by atoms with Gasteiger partial charge in [-0.1, -0.05) is 0 Å². The molecule has 7 heteroatoms. The molecule has 0 atom stereocenters. The number of nitrogens with zero attached hydrogens (tertiary/aromatic N) is 4. The Balaban J connectivity index is 1.48. The van der Waals surface area contributed by atoms with Crippen LogP contribution in [0.15, 0.2) is 6.07 Å². The molecule has 0 radical (unpaired) electrons. The van der Waals surface area contributed by atoms with Crippen LogP contribution in [-0.4, -0.2) is 36.1 Å². The van der Waals surface area contributed by atoms with Crippen molar-refractivity contribution < 1.29 is 13.2 Å². The third-order valence-corrected chi connectivity index (χ3v) is 6.84. The normalized spacial score (nSPS) is 26.4. The summed E-state index contributed by atoms with van der Waals surface area (Å²) in [5.74, 6) is 0.736. The first-order valence-corrected chi connectivity index (χ1v) is 9.83. The lowest BCUT2D eigenvalue weighted by Gasteiger charge is -2.36. The van der Waals surface area contributed by atoms with Gasteiger partial charge >= 0.3 is 6.18 Å². The number of anilines is 2. The summed E-state index contributed by atoms with van der Waals surface area (Å²) in [5, 5.41) is 0. The maximum atomic E-state index is 13.5. The van der Waals surface area contributed by atoms with E-state index in [0.717, 1.165) is 45.1 Å². The molecule has 0 unspecified atom stereocenters. The molecule has 2 spiro atoms. The molecule has 5 rings (SSSR count). The number of hydrogen-bond acceptors (Lipinski definition) is 4. The maximum Gasteiger partial charge on any atom is 0.433 e. The molecule has 0 N–H and O–H groups in total. The molecule has 2 aliphatic heterocycles. The molecule has 4 nitrogen and oxygen atoms in total. The molecule has 142 valence electrons. The minimum Gasteiger partial charge on any atom is -0.356 e. The number of piperidine rings is 2. The molecule has 1 aromatic heterocycles. The van der Waals surface area contributed by atoms with Crippen molar-refractivity contribution in [3.63, 3.8) is 0 Å². The van der Waals surface area contributed by atoms with Crippen LogP contribution in [0.3, 0.4) is 0 Å². The van der Waals surface area contributed by atoms with Gasteiger partial charge in [-0.05, 0) is 62.2 Å². The van der Waals surface area contributed by atoms with Crippen molar-refractivity contribution in [2.45, 2.75) is 57.5 Å². The Labute approximate surface area is 151 Å². The highest BCUT2D eigenvalue weighted by atomic mass is 19.4. The van der Waals surface area contributed by atoms with Gasteiger partial charge in [0, 0.05) is 32.2 Å². The van der Waals surface area contributed by atoms with Gasteiger partial charge in [0.15, 0.2) is 5.69 Å². The molecule has 26 heavy (non-hydrogen) atoms. The number of aromatic nitrogens is 2. The molecule has 0 amide bonds. The lowest BCUT2D eigenvalue weighted by Crippen LogP contribution is -2.40. The number of rotatable bonds is 2. The van der Waals surface area contributed by atoms with Gasteiger partial charge in [0.05, 0.1) is 0 Å². The van der Waals surface area contributed by atoms with E-state index in [2.05, 4.69) is 14.9 Å². The zero-order valence-corrected chi connectivity index (χ0v) is 15.0. The summed E-state index contributed by atoms with van der Waals surface area (Å²) in [7, 11) is 0. The molecule has 1 aromatic rings. The number of hydrogen-bond donors (Lipinski definition) is 0. The van der Waals surface area contributed by atoms with Gasteiger partial charge in [-0.15, -0.1) is 0 Å². The van der Waals surface area contributed by atoms with E-state index in [-0.39, 0.29) is 5.95 Å². The Bertz CT molecular complexity index is 659. The molecule has 4 aliphatic rings. The molecular formula is C19H25F3N4. The summed E-state index contributed by atoms with van der Waals surface area (Å²) >= 11 is 0. The quantitative estimate of drug-likeness (QED) is 0.783. The highest BCUT2D eigenvalue weighted by molar-refractivity contribution is 5.48. The van der Waals surface area contributed by atoms with E-state index in [9.17, 15) is 13.2 Å². The van der Waals surface area contributed by atoms with Crippen LogP contribution >= 0.6 is 0 Å². The second-order valence-electron chi connectivity index (χ2n) is 8.96. The van der Waals surface area contributed by atoms with E-state index in [0.29, 0.717) is 16.6 Å². The Morgan fingerprint density at radius 3 is 1.96 bits per heavy atom. The van der Waals surface area contributed by atoms with Crippen molar-refractivity contribution in [1.82, 2.24) is 9.97 Å². The van der Waals surface area contributed by atoms with Gasteiger partial charge in [0.25, 0.3) is 0 Å². The van der Waals surface area contributed by atoms with Crippen molar-refractivity contribution in [3.05, 3.63) is 11.8 Å². The molecule has 0 aromatic carbocycles. The van der Waals surface area contributed by atoms with E-state index in [1.54, 1.807) is 0 Å². The van der Waals surface area contributed by atoms with Gasteiger partial charge < -0.3 is 9.80 Å². The standard InChI is InChI=1S/C19H25F3N4/c20-19(21,22)14-11-15(25-9-1-3-17(12-25)5-6-17)24-16(23-14)26-10-2-4-18(13-26)7-8-18/h11H,1-10,12-13H2. The molecule has 2 saturated carbocycles. The molecule has 2 aliphatic carbocycles. The van der Waals surface area contributed by atoms with E-state index in [1.807, 2.05) is 4.90 Å². The van der Waals surface area contributed by atoms with E-state index in [4.69, 9.17) is 0 Å². The predicted molar refractivity (Wildman–Crippen MR) is 93.3 cm³/mol. The van der Waals surface area contributed by atoms with E-state index >= 15 is 0 Å². The van der Waals surface area contributed by atoms with Crippen molar-refractivity contribution >= 4 is 11.8 Å². The van der Waals surface area contributed by atoms with Gasteiger partial charge in [0.1, 0.15) is 5.82 Å². The Hall–Kier alpha value is -1.53. The lowest BCUT2D eigenvalue weighted by atomic mass is 9.95.